The Morgan fingerprint density at radius 1 is 1.29 bits per heavy atom. The van der Waals surface area contributed by atoms with E-state index in [4.69, 9.17) is 9.47 Å². The molecular weight excluding hydrogens is 352 g/mol. The predicted molar refractivity (Wildman–Crippen MR) is 107 cm³/mol. The van der Waals surface area contributed by atoms with Gasteiger partial charge in [0.15, 0.2) is 0 Å². The van der Waals surface area contributed by atoms with Gasteiger partial charge in [-0.15, -0.1) is 0 Å². The van der Waals surface area contributed by atoms with Gasteiger partial charge in [-0.05, 0) is 51.2 Å². The molecule has 2 aliphatic carbocycles. The van der Waals surface area contributed by atoms with Gasteiger partial charge in [-0.2, -0.15) is 0 Å². The SMILES string of the molecule is C=C1C(=O)O[C@@H]2C3C(=C(C)CC[C@@H]12)CC[C@@]3(C)OC(=O)/C=C/c1ccccc1. The van der Waals surface area contributed by atoms with Crippen LogP contribution in [0.15, 0.2) is 59.7 Å². The van der Waals surface area contributed by atoms with Gasteiger partial charge in [-0.25, -0.2) is 9.59 Å². The van der Waals surface area contributed by atoms with Crippen LogP contribution in [0.25, 0.3) is 6.08 Å². The van der Waals surface area contributed by atoms with E-state index in [1.54, 1.807) is 6.08 Å². The van der Waals surface area contributed by atoms with Gasteiger partial charge in [-0.3, -0.25) is 0 Å². The molecule has 1 aromatic carbocycles. The van der Waals surface area contributed by atoms with Crippen LogP contribution < -0.4 is 0 Å². The average molecular weight is 378 g/mol. The van der Waals surface area contributed by atoms with Crippen molar-refractivity contribution >= 4 is 18.0 Å². The zero-order valence-electron chi connectivity index (χ0n) is 16.4. The Labute approximate surface area is 165 Å². The monoisotopic (exact) mass is 378 g/mol. The van der Waals surface area contributed by atoms with Crippen molar-refractivity contribution in [2.75, 3.05) is 0 Å². The highest BCUT2D eigenvalue weighted by Crippen LogP contribution is 2.53. The summed E-state index contributed by atoms with van der Waals surface area (Å²) >= 11 is 0. The van der Waals surface area contributed by atoms with Crippen LogP contribution in [-0.4, -0.2) is 23.6 Å². The van der Waals surface area contributed by atoms with Crippen molar-refractivity contribution in [1.29, 1.82) is 0 Å². The van der Waals surface area contributed by atoms with Gasteiger partial charge in [0.1, 0.15) is 11.7 Å². The van der Waals surface area contributed by atoms with E-state index in [-0.39, 0.29) is 29.9 Å². The summed E-state index contributed by atoms with van der Waals surface area (Å²) < 4.78 is 11.7. The number of esters is 2. The Hall–Kier alpha value is -2.62. The van der Waals surface area contributed by atoms with E-state index in [9.17, 15) is 9.59 Å². The molecule has 4 nitrogen and oxygen atoms in total. The third-order valence-corrected chi connectivity index (χ3v) is 6.53. The lowest BCUT2D eigenvalue weighted by atomic mass is 9.79. The van der Waals surface area contributed by atoms with E-state index in [1.165, 1.54) is 17.2 Å². The molecule has 1 saturated carbocycles. The molecule has 2 fully saturated rings. The van der Waals surface area contributed by atoms with Crippen molar-refractivity contribution in [2.45, 2.75) is 51.2 Å². The molecule has 4 atom stereocenters. The summed E-state index contributed by atoms with van der Waals surface area (Å²) in [5.74, 6) is -0.772. The maximum absolute atomic E-state index is 12.6. The summed E-state index contributed by atoms with van der Waals surface area (Å²) in [6.45, 7) is 8.09. The fraction of sp³-hybridized carbons (Fsp3) is 0.417. The van der Waals surface area contributed by atoms with Crippen LogP contribution in [0, 0.1) is 11.8 Å². The second-order valence-corrected chi connectivity index (χ2v) is 8.30. The number of hydrogen-bond donors (Lipinski definition) is 0. The third kappa shape index (κ3) is 3.21. The largest absolute Gasteiger partial charge is 0.458 e. The summed E-state index contributed by atoms with van der Waals surface area (Å²) in [5, 5.41) is 0. The van der Waals surface area contributed by atoms with Crippen LogP contribution >= 0.6 is 0 Å². The minimum absolute atomic E-state index is 0.000868. The number of ether oxygens (including phenoxy) is 2. The molecule has 1 aliphatic heterocycles. The molecule has 0 amide bonds. The zero-order valence-corrected chi connectivity index (χ0v) is 16.4. The minimum atomic E-state index is -0.688. The number of carbonyl (C=O) groups is 2. The van der Waals surface area contributed by atoms with E-state index in [0.29, 0.717) is 5.57 Å². The Morgan fingerprint density at radius 2 is 2.04 bits per heavy atom. The molecular formula is C24H26O4. The van der Waals surface area contributed by atoms with E-state index in [1.807, 2.05) is 37.3 Å². The van der Waals surface area contributed by atoms with Crippen LogP contribution in [0.2, 0.25) is 0 Å². The highest BCUT2D eigenvalue weighted by atomic mass is 16.6. The molecule has 3 aliphatic rings. The van der Waals surface area contributed by atoms with Crippen molar-refractivity contribution in [1.82, 2.24) is 0 Å². The second-order valence-electron chi connectivity index (χ2n) is 8.30. The molecule has 0 bridgehead atoms. The standard InChI is InChI=1S/C24H26O4/c1-15-9-11-19-16(2)23(26)27-22(19)21-18(15)13-14-24(21,3)28-20(25)12-10-17-7-5-4-6-8-17/h4-8,10,12,19,21-22H,2,9,11,13-14H2,1,3H3/b12-10+/t19-,21?,22-,24+/m0/s1. The first-order chi connectivity index (χ1) is 13.4. The maximum atomic E-state index is 12.6. The van der Waals surface area contributed by atoms with Crippen molar-refractivity contribution in [3.63, 3.8) is 0 Å². The van der Waals surface area contributed by atoms with Crippen molar-refractivity contribution < 1.29 is 19.1 Å². The third-order valence-electron chi connectivity index (χ3n) is 6.53. The number of rotatable bonds is 3. The highest BCUT2D eigenvalue weighted by Gasteiger charge is 2.56. The summed E-state index contributed by atoms with van der Waals surface area (Å²) in [4.78, 5) is 24.7. The zero-order chi connectivity index (χ0) is 19.9. The van der Waals surface area contributed by atoms with E-state index in [2.05, 4.69) is 13.5 Å². The average Bonchev–Trinajstić information content (AvgIpc) is 3.10. The smallest absolute Gasteiger partial charge is 0.334 e. The summed E-state index contributed by atoms with van der Waals surface area (Å²) in [5.41, 5.74) is 3.44. The minimum Gasteiger partial charge on any atom is -0.458 e. The summed E-state index contributed by atoms with van der Waals surface area (Å²) in [6, 6.07) is 9.66. The van der Waals surface area contributed by atoms with Gasteiger partial charge < -0.3 is 9.47 Å². The fourth-order valence-corrected chi connectivity index (χ4v) is 5.00. The van der Waals surface area contributed by atoms with Gasteiger partial charge in [0.2, 0.25) is 0 Å². The van der Waals surface area contributed by atoms with Crippen LogP contribution in [0.1, 0.15) is 45.1 Å². The van der Waals surface area contributed by atoms with Crippen LogP contribution in [0.3, 0.4) is 0 Å². The molecule has 1 unspecified atom stereocenters. The summed E-state index contributed by atoms with van der Waals surface area (Å²) in [6.07, 6.45) is 6.35. The molecule has 4 rings (SSSR count). The topological polar surface area (TPSA) is 52.6 Å². The van der Waals surface area contributed by atoms with Gasteiger partial charge in [0.05, 0.1) is 5.92 Å². The first-order valence-corrected chi connectivity index (χ1v) is 9.93. The molecule has 0 spiro atoms. The Morgan fingerprint density at radius 3 is 2.79 bits per heavy atom. The lowest BCUT2D eigenvalue weighted by molar-refractivity contribution is -0.161. The molecule has 0 N–H and O–H groups in total. The number of allylic oxidation sites excluding steroid dienone is 1. The first kappa shape index (κ1) is 18.7. The quantitative estimate of drug-likeness (QED) is 0.437. The van der Waals surface area contributed by atoms with Gasteiger partial charge in [0.25, 0.3) is 0 Å². The Kier molecular flexibility index (Phi) is 4.74. The lowest BCUT2D eigenvalue weighted by Crippen LogP contribution is -2.43. The van der Waals surface area contributed by atoms with Gasteiger partial charge in [-0.1, -0.05) is 48.1 Å². The maximum Gasteiger partial charge on any atom is 0.334 e. The van der Waals surface area contributed by atoms with Crippen LogP contribution in [-0.2, 0) is 19.1 Å². The molecule has 28 heavy (non-hydrogen) atoms. The Balaban J connectivity index is 1.59. The second kappa shape index (κ2) is 7.08. The Bertz CT molecular complexity index is 879. The van der Waals surface area contributed by atoms with E-state index >= 15 is 0 Å². The first-order valence-electron chi connectivity index (χ1n) is 9.93. The van der Waals surface area contributed by atoms with Gasteiger partial charge >= 0.3 is 11.9 Å². The fourth-order valence-electron chi connectivity index (χ4n) is 5.00. The van der Waals surface area contributed by atoms with Crippen molar-refractivity contribution in [3.05, 3.63) is 65.3 Å². The lowest BCUT2D eigenvalue weighted by Gasteiger charge is -2.35. The molecule has 1 aromatic rings. The summed E-state index contributed by atoms with van der Waals surface area (Å²) in [7, 11) is 0. The predicted octanol–water partition coefficient (Wildman–Crippen LogP) is 4.62. The van der Waals surface area contributed by atoms with E-state index < -0.39 is 5.60 Å². The van der Waals surface area contributed by atoms with E-state index in [0.717, 1.165) is 31.2 Å². The molecule has 0 radical (unpaired) electrons. The van der Waals surface area contributed by atoms with Gasteiger partial charge in [0, 0.05) is 17.6 Å². The van der Waals surface area contributed by atoms with Crippen LogP contribution in [0.4, 0.5) is 0 Å². The molecule has 146 valence electrons. The molecule has 4 heteroatoms. The number of fused-ring (bicyclic) bond motifs is 3. The number of hydrogen-bond acceptors (Lipinski definition) is 4. The number of carbonyl (C=O) groups excluding carboxylic acids is 2. The number of benzene rings is 1. The van der Waals surface area contributed by atoms with Crippen LogP contribution in [0.5, 0.6) is 0 Å². The molecule has 1 heterocycles. The van der Waals surface area contributed by atoms with Crippen molar-refractivity contribution in [2.24, 2.45) is 11.8 Å². The normalized spacial score (nSPS) is 32.1. The molecule has 1 saturated heterocycles. The molecule has 0 aromatic heterocycles. The van der Waals surface area contributed by atoms with Crippen molar-refractivity contribution in [3.8, 4) is 0 Å². The highest BCUT2D eigenvalue weighted by molar-refractivity contribution is 5.91.